The topological polar surface area (TPSA) is 51.0 Å². The van der Waals surface area contributed by atoms with E-state index in [2.05, 4.69) is 15.3 Å². The molecule has 78 valence electrons. The average Bonchev–Trinajstić information content (AvgIpc) is 2.62. The second-order valence-corrected chi connectivity index (χ2v) is 3.47. The zero-order valence-electron chi connectivity index (χ0n) is 8.20. The average molecular weight is 224 g/mol. The molecule has 0 bridgehead atoms. The summed E-state index contributed by atoms with van der Waals surface area (Å²) in [5, 5.41) is 3.60. The summed E-state index contributed by atoms with van der Waals surface area (Å²) in [7, 11) is 0. The van der Waals surface area contributed by atoms with Gasteiger partial charge in [0.1, 0.15) is 10.9 Å². The fraction of sp³-hybridized carbons (Fsp3) is 0.200. The summed E-state index contributed by atoms with van der Waals surface area (Å²) >= 11 is 5.74. The van der Waals surface area contributed by atoms with Crippen LogP contribution < -0.4 is 5.32 Å². The molecule has 2 heterocycles. The standard InChI is InChI=1S/C10H10ClN3O/c1-7-5-14-10(15-7)6-13-8-2-3-12-9(11)4-8/h2-5H,6H2,1H3,(H,12,13). The van der Waals surface area contributed by atoms with Gasteiger partial charge in [-0.1, -0.05) is 11.6 Å². The number of nitrogens with zero attached hydrogens (tertiary/aromatic N) is 2. The van der Waals surface area contributed by atoms with Crippen LogP contribution in [0.5, 0.6) is 0 Å². The molecule has 0 amide bonds. The highest BCUT2D eigenvalue weighted by Crippen LogP contribution is 2.13. The van der Waals surface area contributed by atoms with Crippen LogP contribution in [0.15, 0.2) is 28.9 Å². The molecule has 0 aliphatic carbocycles. The van der Waals surface area contributed by atoms with Crippen LogP contribution in [0, 0.1) is 6.92 Å². The van der Waals surface area contributed by atoms with Gasteiger partial charge >= 0.3 is 0 Å². The van der Waals surface area contributed by atoms with Gasteiger partial charge in [-0.3, -0.25) is 0 Å². The Kier molecular flexibility index (Phi) is 2.87. The highest BCUT2D eigenvalue weighted by atomic mass is 35.5. The lowest BCUT2D eigenvalue weighted by Crippen LogP contribution is -1.99. The van der Waals surface area contributed by atoms with Gasteiger partial charge in [0.15, 0.2) is 0 Å². The Morgan fingerprint density at radius 1 is 1.47 bits per heavy atom. The normalized spacial score (nSPS) is 10.3. The van der Waals surface area contributed by atoms with Crippen molar-refractivity contribution in [2.45, 2.75) is 13.5 Å². The molecule has 0 saturated carbocycles. The van der Waals surface area contributed by atoms with E-state index in [1.165, 1.54) is 0 Å². The second kappa shape index (κ2) is 4.31. The summed E-state index contributed by atoms with van der Waals surface area (Å²) in [5.41, 5.74) is 0.894. The smallest absolute Gasteiger partial charge is 0.213 e. The van der Waals surface area contributed by atoms with Gasteiger partial charge in [-0.2, -0.15) is 0 Å². The minimum atomic E-state index is 0.462. The van der Waals surface area contributed by atoms with Crippen molar-refractivity contribution in [3.63, 3.8) is 0 Å². The van der Waals surface area contributed by atoms with Crippen LogP contribution in [-0.2, 0) is 6.54 Å². The van der Waals surface area contributed by atoms with Crippen molar-refractivity contribution >= 4 is 17.3 Å². The molecule has 0 atom stereocenters. The van der Waals surface area contributed by atoms with Gasteiger partial charge in [0.2, 0.25) is 5.89 Å². The van der Waals surface area contributed by atoms with Crippen molar-refractivity contribution in [3.8, 4) is 0 Å². The minimum Gasteiger partial charge on any atom is -0.444 e. The molecular weight excluding hydrogens is 214 g/mol. The summed E-state index contributed by atoms with van der Waals surface area (Å²) < 4.78 is 5.31. The fourth-order valence-electron chi connectivity index (χ4n) is 1.17. The number of pyridine rings is 1. The van der Waals surface area contributed by atoms with E-state index in [-0.39, 0.29) is 0 Å². The van der Waals surface area contributed by atoms with Crippen LogP contribution in [0.2, 0.25) is 5.15 Å². The van der Waals surface area contributed by atoms with Crippen molar-refractivity contribution in [2.24, 2.45) is 0 Å². The number of aryl methyl sites for hydroxylation is 1. The largest absolute Gasteiger partial charge is 0.444 e. The molecule has 4 nitrogen and oxygen atoms in total. The van der Waals surface area contributed by atoms with E-state index >= 15 is 0 Å². The summed E-state index contributed by atoms with van der Waals surface area (Å²) in [4.78, 5) is 7.96. The molecule has 0 spiro atoms. The van der Waals surface area contributed by atoms with Crippen molar-refractivity contribution in [1.82, 2.24) is 9.97 Å². The van der Waals surface area contributed by atoms with Crippen LogP contribution in [0.25, 0.3) is 0 Å². The number of oxazole rings is 1. The van der Waals surface area contributed by atoms with E-state index in [9.17, 15) is 0 Å². The molecule has 0 aliphatic rings. The van der Waals surface area contributed by atoms with Gasteiger partial charge in [0, 0.05) is 11.9 Å². The van der Waals surface area contributed by atoms with Crippen LogP contribution in [0.4, 0.5) is 5.69 Å². The molecule has 0 unspecified atom stereocenters. The monoisotopic (exact) mass is 223 g/mol. The second-order valence-electron chi connectivity index (χ2n) is 3.09. The van der Waals surface area contributed by atoms with Gasteiger partial charge in [-0.05, 0) is 19.1 Å². The van der Waals surface area contributed by atoms with E-state index in [4.69, 9.17) is 16.0 Å². The van der Waals surface area contributed by atoms with Crippen molar-refractivity contribution < 1.29 is 4.42 Å². The van der Waals surface area contributed by atoms with Crippen LogP contribution >= 0.6 is 11.6 Å². The van der Waals surface area contributed by atoms with Crippen molar-refractivity contribution in [1.29, 1.82) is 0 Å². The molecule has 0 aromatic carbocycles. The van der Waals surface area contributed by atoms with Gasteiger partial charge in [-0.25, -0.2) is 9.97 Å². The minimum absolute atomic E-state index is 0.462. The molecule has 0 aliphatic heterocycles. The Morgan fingerprint density at radius 2 is 2.33 bits per heavy atom. The summed E-state index contributed by atoms with van der Waals surface area (Å²) in [6.07, 6.45) is 3.34. The zero-order chi connectivity index (χ0) is 10.7. The third kappa shape index (κ3) is 2.70. The number of aromatic nitrogens is 2. The zero-order valence-corrected chi connectivity index (χ0v) is 8.95. The molecule has 0 saturated heterocycles. The van der Waals surface area contributed by atoms with Crippen LogP contribution in [-0.4, -0.2) is 9.97 Å². The lowest BCUT2D eigenvalue weighted by molar-refractivity contribution is 0.479. The molecule has 0 radical (unpaired) electrons. The van der Waals surface area contributed by atoms with E-state index in [0.29, 0.717) is 17.6 Å². The third-order valence-corrected chi connectivity index (χ3v) is 2.05. The van der Waals surface area contributed by atoms with E-state index in [1.54, 1.807) is 18.5 Å². The number of anilines is 1. The predicted octanol–water partition coefficient (Wildman–Crippen LogP) is 2.64. The Balaban J connectivity index is 1.99. The highest BCUT2D eigenvalue weighted by molar-refractivity contribution is 6.29. The van der Waals surface area contributed by atoms with Gasteiger partial charge in [-0.15, -0.1) is 0 Å². The Hall–Kier alpha value is -1.55. The number of nitrogens with one attached hydrogen (secondary N) is 1. The van der Waals surface area contributed by atoms with Gasteiger partial charge in [0.05, 0.1) is 12.7 Å². The maximum atomic E-state index is 5.74. The van der Waals surface area contributed by atoms with Crippen LogP contribution in [0.3, 0.4) is 0 Å². The number of hydrogen-bond acceptors (Lipinski definition) is 4. The first-order valence-corrected chi connectivity index (χ1v) is 4.88. The lowest BCUT2D eigenvalue weighted by atomic mass is 10.4. The molecule has 2 rings (SSSR count). The molecule has 5 heteroatoms. The Bertz CT molecular complexity index is 455. The van der Waals surface area contributed by atoms with E-state index in [1.807, 2.05) is 13.0 Å². The first-order valence-electron chi connectivity index (χ1n) is 4.51. The van der Waals surface area contributed by atoms with Crippen molar-refractivity contribution in [2.75, 3.05) is 5.32 Å². The van der Waals surface area contributed by atoms with E-state index < -0.39 is 0 Å². The SMILES string of the molecule is Cc1cnc(CNc2ccnc(Cl)c2)o1. The first-order chi connectivity index (χ1) is 7.24. The van der Waals surface area contributed by atoms with Crippen molar-refractivity contribution in [3.05, 3.63) is 41.3 Å². The quantitative estimate of drug-likeness (QED) is 0.813. The maximum Gasteiger partial charge on any atom is 0.213 e. The summed E-state index contributed by atoms with van der Waals surface area (Å²) in [5.74, 6) is 1.46. The number of hydrogen-bond donors (Lipinski definition) is 1. The molecule has 2 aromatic heterocycles. The highest BCUT2D eigenvalue weighted by Gasteiger charge is 2.00. The number of rotatable bonds is 3. The molecule has 0 fully saturated rings. The van der Waals surface area contributed by atoms with Gasteiger partial charge in [0.25, 0.3) is 0 Å². The third-order valence-electron chi connectivity index (χ3n) is 1.84. The Morgan fingerprint density at radius 3 is 3.00 bits per heavy atom. The first kappa shape index (κ1) is 9.98. The maximum absolute atomic E-state index is 5.74. The molecular formula is C10H10ClN3O. The summed E-state index contributed by atoms with van der Waals surface area (Å²) in [6.45, 7) is 2.40. The fourth-order valence-corrected chi connectivity index (χ4v) is 1.35. The lowest BCUT2D eigenvalue weighted by Gasteiger charge is -2.02. The van der Waals surface area contributed by atoms with E-state index in [0.717, 1.165) is 11.4 Å². The Labute approximate surface area is 92.3 Å². The van der Waals surface area contributed by atoms with Gasteiger partial charge < -0.3 is 9.73 Å². The molecule has 2 aromatic rings. The molecule has 15 heavy (non-hydrogen) atoms. The molecule has 1 N–H and O–H groups in total. The predicted molar refractivity (Wildman–Crippen MR) is 57.8 cm³/mol. The van der Waals surface area contributed by atoms with Crippen LogP contribution in [0.1, 0.15) is 11.7 Å². The number of halogens is 1. The summed E-state index contributed by atoms with van der Waals surface area (Å²) in [6, 6.07) is 3.58.